The first-order valence-corrected chi connectivity index (χ1v) is 4.86. The summed E-state index contributed by atoms with van der Waals surface area (Å²) >= 11 is 0. The van der Waals surface area contributed by atoms with Gasteiger partial charge in [0, 0.05) is 18.0 Å². The number of rotatable bonds is 3. The Morgan fingerprint density at radius 2 is 2.14 bits per heavy atom. The molecule has 0 atom stereocenters. The normalized spacial score (nSPS) is 10.6. The van der Waals surface area contributed by atoms with Crippen LogP contribution < -0.4 is 5.43 Å². The van der Waals surface area contributed by atoms with Crippen LogP contribution in [0.1, 0.15) is 13.3 Å². The Morgan fingerprint density at radius 3 is 2.93 bits per heavy atom. The Bertz CT molecular complexity index is 434. The predicted octanol–water partition coefficient (Wildman–Crippen LogP) is 2.30. The van der Waals surface area contributed by atoms with Crippen LogP contribution in [0.25, 0.3) is 10.9 Å². The van der Waals surface area contributed by atoms with Crippen molar-refractivity contribution in [2.75, 3.05) is 12.0 Å². The fourth-order valence-corrected chi connectivity index (χ4v) is 1.53. The Hall–Kier alpha value is -1.64. The lowest BCUT2D eigenvalue weighted by molar-refractivity contribution is 0.435. The molecule has 0 bridgehead atoms. The molecule has 0 spiro atoms. The molecule has 2 rings (SSSR count). The molecule has 2 N–H and O–H groups in total. The van der Waals surface area contributed by atoms with E-state index in [1.165, 1.54) is 0 Å². The molecule has 1 heterocycles. The monoisotopic (exact) mass is 190 g/mol. The van der Waals surface area contributed by atoms with Gasteiger partial charge in [-0.05, 0) is 12.5 Å². The minimum absolute atomic E-state index is 0.264. The second-order valence-corrected chi connectivity index (χ2v) is 3.30. The van der Waals surface area contributed by atoms with Gasteiger partial charge < -0.3 is 10.5 Å². The molecule has 74 valence electrons. The Balaban J connectivity index is 2.45. The fourth-order valence-electron chi connectivity index (χ4n) is 1.53. The second-order valence-electron chi connectivity index (χ2n) is 3.30. The lowest BCUT2D eigenvalue weighted by atomic mass is 10.2. The van der Waals surface area contributed by atoms with Crippen molar-refractivity contribution < 1.29 is 5.11 Å². The van der Waals surface area contributed by atoms with Gasteiger partial charge in [-0.25, -0.2) is 4.68 Å². The SMILES string of the molecule is CCCNn1c(O)cc2ccccc21. The molecular formula is C11H14N2O. The molecule has 0 aliphatic carbocycles. The highest BCUT2D eigenvalue weighted by Crippen LogP contribution is 2.22. The first-order chi connectivity index (χ1) is 6.83. The summed E-state index contributed by atoms with van der Waals surface area (Å²) in [6, 6.07) is 9.66. The second kappa shape index (κ2) is 3.62. The van der Waals surface area contributed by atoms with Crippen LogP contribution in [-0.2, 0) is 0 Å². The van der Waals surface area contributed by atoms with Crippen LogP contribution in [0.3, 0.4) is 0 Å². The molecule has 3 nitrogen and oxygen atoms in total. The minimum atomic E-state index is 0.264. The molecule has 0 aliphatic rings. The average molecular weight is 190 g/mol. The summed E-state index contributed by atoms with van der Waals surface area (Å²) in [5, 5.41) is 10.7. The van der Waals surface area contributed by atoms with E-state index < -0.39 is 0 Å². The average Bonchev–Trinajstić information content (AvgIpc) is 2.51. The molecule has 0 unspecified atom stereocenters. The van der Waals surface area contributed by atoms with Crippen LogP contribution in [0.4, 0.5) is 0 Å². The van der Waals surface area contributed by atoms with Crippen molar-refractivity contribution in [2.24, 2.45) is 0 Å². The van der Waals surface area contributed by atoms with Crippen LogP contribution in [0.15, 0.2) is 30.3 Å². The van der Waals surface area contributed by atoms with Crippen molar-refractivity contribution >= 4 is 10.9 Å². The summed E-state index contributed by atoms with van der Waals surface area (Å²) in [6.45, 7) is 2.95. The van der Waals surface area contributed by atoms with Gasteiger partial charge in [-0.3, -0.25) is 0 Å². The van der Waals surface area contributed by atoms with Crippen molar-refractivity contribution in [2.45, 2.75) is 13.3 Å². The Labute approximate surface area is 82.9 Å². The van der Waals surface area contributed by atoms with Crippen molar-refractivity contribution in [1.82, 2.24) is 4.68 Å². The summed E-state index contributed by atoms with van der Waals surface area (Å²) in [6.07, 6.45) is 1.03. The van der Waals surface area contributed by atoms with Crippen molar-refractivity contribution in [3.8, 4) is 5.88 Å². The molecule has 0 radical (unpaired) electrons. The van der Waals surface area contributed by atoms with Gasteiger partial charge in [-0.2, -0.15) is 0 Å². The van der Waals surface area contributed by atoms with E-state index in [0.29, 0.717) is 0 Å². The van der Waals surface area contributed by atoms with E-state index >= 15 is 0 Å². The number of para-hydroxylation sites is 1. The number of hydrogen-bond donors (Lipinski definition) is 2. The fraction of sp³-hybridized carbons (Fsp3) is 0.273. The molecule has 3 heteroatoms. The Morgan fingerprint density at radius 1 is 1.36 bits per heavy atom. The van der Waals surface area contributed by atoms with Gasteiger partial charge in [0.2, 0.25) is 5.88 Å². The lowest BCUT2D eigenvalue weighted by Gasteiger charge is -2.08. The van der Waals surface area contributed by atoms with Gasteiger partial charge in [0.15, 0.2) is 0 Å². The third kappa shape index (κ3) is 1.41. The molecule has 14 heavy (non-hydrogen) atoms. The summed E-state index contributed by atoms with van der Waals surface area (Å²) < 4.78 is 1.72. The van der Waals surface area contributed by atoms with Crippen molar-refractivity contribution in [1.29, 1.82) is 0 Å². The number of fused-ring (bicyclic) bond motifs is 1. The number of aromatic nitrogens is 1. The van der Waals surface area contributed by atoms with E-state index in [0.717, 1.165) is 23.9 Å². The van der Waals surface area contributed by atoms with Crippen LogP contribution in [0.5, 0.6) is 5.88 Å². The molecule has 0 aliphatic heterocycles. The topological polar surface area (TPSA) is 37.2 Å². The highest BCUT2D eigenvalue weighted by atomic mass is 16.3. The third-order valence-corrected chi connectivity index (χ3v) is 2.21. The van der Waals surface area contributed by atoms with Crippen LogP contribution in [-0.4, -0.2) is 16.3 Å². The van der Waals surface area contributed by atoms with Crippen molar-refractivity contribution in [3.63, 3.8) is 0 Å². The number of nitrogens with one attached hydrogen (secondary N) is 1. The lowest BCUT2D eigenvalue weighted by Crippen LogP contribution is -2.14. The van der Waals surface area contributed by atoms with Gasteiger partial charge in [0.1, 0.15) is 0 Å². The Kier molecular flexibility index (Phi) is 2.31. The maximum atomic E-state index is 9.66. The molecule has 1 aromatic heterocycles. The molecule has 1 aromatic carbocycles. The largest absolute Gasteiger partial charge is 0.493 e. The van der Waals surface area contributed by atoms with E-state index in [1.54, 1.807) is 10.7 Å². The van der Waals surface area contributed by atoms with E-state index in [9.17, 15) is 5.11 Å². The smallest absolute Gasteiger partial charge is 0.211 e. The number of aromatic hydroxyl groups is 1. The quantitative estimate of drug-likeness (QED) is 0.779. The van der Waals surface area contributed by atoms with Gasteiger partial charge >= 0.3 is 0 Å². The zero-order valence-electron chi connectivity index (χ0n) is 8.20. The highest BCUT2D eigenvalue weighted by molar-refractivity contribution is 5.82. The van der Waals surface area contributed by atoms with E-state index in [4.69, 9.17) is 0 Å². The molecule has 2 aromatic rings. The van der Waals surface area contributed by atoms with E-state index in [1.807, 2.05) is 24.3 Å². The van der Waals surface area contributed by atoms with Crippen LogP contribution in [0, 0.1) is 0 Å². The number of hydrogen-bond acceptors (Lipinski definition) is 2. The predicted molar refractivity (Wildman–Crippen MR) is 58.1 cm³/mol. The van der Waals surface area contributed by atoms with Gasteiger partial charge in [0.25, 0.3) is 0 Å². The van der Waals surface area contributed by atoms with Gasteiger partial charge in [-0.15, -0.1) is 0 Å². The third-order valence-electron chi connectivity index (χ3n) is 2.21. The number of nitrogens with zero attached hydrogens (tertiary/aromatic N) is 1. The molecule has 0 amide bonds. The maximum Gasteiger partial charge on any atom is 0.211 e. The first-order valence-electron chi connectivity index (χ1n) is 4.86. The zero-order valence-corrected chi connectivity index (χ0v) is 8.20. The summed E-state index contributed by atoms with van der Waals surface area (Å²) in [7, 11) is 0. The maximum absolute atomic E-state index is 9.66. The van der Waals surface area contributed by atoms with Crippen molar-refractivity contribution in [3.05, 3.63) is 30.3 Å². The van der Waals surface area contributed by atoms with Crippen LogP contribution >= 0.6 is 0 Å². The van der Waals surface area contributed by atoms with E-state index in [-0.39, 0.29) is 5.88 Å². The standard InChI is InChI=1S/C11H14N2O/c1-2-7-12-13-10-6-4-3-5-9(10)8-11(13)14/h3-6,8,12,14H,2,7H2,1H3. The molecule has 0 saturated carbocycles. The minimum Gasteiger partial charge on any atom is -0.493 e. The first kappa shape index (κ1) is 8.94. The van der Waals surface area contributed by atoms with Crippen LogP contribution in [0.2, 0.25) is 0 Å². The molecular weight excluding hydrogens is 176 g/mol. The van der Waals surface area contributed by atoms with E-state index in [2.05, 4.69) is 12.3 Å². The van der Waals surface area contributed by atoms with Gasteiger partial charge in [-0.1, -0.05) is 25.1 Å². The highest BCUT2D eigenvalue weighted by Gasteiger charge is 2.05. The van der Waals surface area contributed by atoms with Gasteiger partial charge in [0.05, 0.1) is 5.52 Å². The summed E-state index contributed by atoms with van der Waals surface area (Å²) in [5.41, 5.74) is 4.16. The zero-order chi connectivity index (χ0) is 9.97. The molecule has 0 fully saturated rings. The summed E-state index contributed by atoms with van der Waals surface area (Å²) in [5.74, 6) is 0.264. The molecule has 0 saturated heterocycles. The number of benzene rings is 1. The summed E-state index contributed by atoms with van der Waals surface area (Å²) in [4.78, 5) is 0.